The van der Waals surface area contributed by atoms with Crippen LogP contribution in [0, 0.1) is 0 Å². The minimum Gasteiger partial charge on any atom is -0.369 e. The Labute approximate surface area is 222 Å². The van der Waals surface area contributed by atoms with Crippen LogP contribution in [0.3, 0.4) is 0 Å². The van der Waals surface area contributed by atoms with Crippen molar-refractivity contribution in [3.8, 4) is 0 Å². The van der Waals surface area contributed by atoms with Gasteiger partial charge in [0, 0.05) is 62.0 Å². The number of anilines is 5. The molecule has 0 aliphatic carbocycles. The quantitative estimate of drug-likeness (QED) is 0.466. The molecule has 10 nitrogen and oxygen atoms in total. The highest BCUT2D eigenvalue weighted by molar-refractivity contribution is 5.98. The largest absolute Gasteiger partial charge is 0.369 e. The van der Waals surface area contributed by atoms with Crippen LogP contribution in [-0.4, -0.2) is 72.0 Å². The molecule has 38 heavy (non-hydrogen) atoms. The van der Waals surface area contributed by atoms with E-state index in [2.05, 4.69) is 51.2 Å². The van der Waals surface area contributed by atoms with E-state index < -0.39 is 0 Å². The van der Waals surface area contributed by atoms with Crippen LogP contribution in [0.4, 0.5) is 33.6 Å². The molecule has 0 bridgehead atoms. The summed E-state index contributed by atoms with van der Waals surface area (Å²) in [5, 5.41) is 6.01. The van der Waals surface area contributed by atoms with Gasteiger partial charge in [-0.2, -0.15) is 4.98 Å². The molecule has 3 amide bonds. The number of benzene rings is 2. The second kappa shape index (κ2) is 10.9. The molecule has 1 fully saturated rings. The number of amides is 3. The summed E-state index contributed by atoms with van der Waals surface area (Å²) in [6.07, 6.45) is 2.99. The topological polar surface area (TPSA) is 96.9 Å². The number of nitrogens with zero attached hydrogens (tertiary/aromatic N) is 6. The summed E-state index contributed by atoms with van der Waals surface area (Å²) in [6, 6.07) is 15.5. The lowest BCUT2D eigenvalue weighted by Crippen LogP contribution is -2.45. The smallest absolute Gasteiger partial charge is 0.326 e. The lowest BCUT2D eigenvalue weighted by Gasteiger charge is -2.34. The van der Waals surface area contributed by atoms with Crippen molar-refractivity contribution in [3.05, 3.63) is 78.5 Å². The van der Waals surface area contributed by atoms with Gasteiger partial charge in [-0.3, -0.25) is 9.69 Å². The van der Waals surface area contributed by atoms with Crippen molar-refractivity contribution < 1.29 is 9.59 Å². The number of hydrogen-bond acceptors (Lipinski definition) is 7. The van der Waals surface area contributed by atoms with Crippen molar-refractivity contribution in [2.24, 2.45) is 0 Å². The van der Waals surface area contributed by atoms with Crippen LogP contribution in [0.2, 0.25) is 0 Å². The number of piperazine rings is 1. The molecule has 10 heteroatoms. The van der Waals surface area contributed by atoms with Gasteiger partial charge in [-0.1, -0.05) is 18.7 Å². The molecule has 3 heterocycles. The van der Waals surface area contributed by atoms with E-state index in [9.17, 15) is 9.59 Å². The van der Waals surface area contributed by atoms with Crippen LogP contribution in [-0.2, 0) is 17.9 Å². The second-order valence-corrected chi connectivity index (χ2v) is 9.62. The molecular formula is C28H32N8O2. The number of carbonyl (C=O) groups is 2. The molecule has 5 rings (SSSR count). The van der Waals surface area contributed by atoms with E-state index in [1.165, 1.54) is 11.8 Å². The minimum atomic E-state index is -0.273. The van der Waals surface area contributed by atoms with Gasteiger partial charge in [0.05, 0.1) is 13.1 Å². The van der Waals surface area contributed by atoms with Gasteiger partial charge in [-0.05, 0) is 55.1 Å². The van der Waals surface area contributed by atoms with Crippen molar-refractivity contribution in [1.82, 2.24) is 19.8 Å². The number of fused-ring (bicyclic) bond motifs is 1. The summed E-state index contributed by atoms with van der Waals surface area (Å²) in [6.45, 7) is 8.39. The van der Waals surface area contributed by atoms with Crippen molar-refractivity contribution in [3.63, 3.8) is 0 Å². The number of carbonyl (C=O) groups excluding carboxylic acids is 2. The molecule has 2 aliphatic heterocycles. The Morgan fingerprint density at radius 2 is 1.68 bits per heavy atom. The number of urea groups is 1. The minimum absolute atomic E-state index is 0.136. The molecule has 1 aromatic heterocycles. The van der Waals surface area contributed by atoms with Gasteiger partial charge in [0.15, 0.2) is 0 Å². The maximum Gasteiger partial charge on any atom is 0.326 e. The molecular weight excluding hydrogens is 480 g/mol. The Balaban J connectivity index is 1.32. The molecule has 3 aromatic rings. The maximum absolute atomic E-state index is 13.1. The van der Waals surface area contributed by atoms with E-state index >= 15 is 0 Å². The third kappa shape index (κ3) is 5.60. The van der Waals surface area contributed by atoms with Crippen LogP contribution in [0.25, 0.3) is 0 Å². The lowest BCUT2D eigenvalue weighted by atomic mass is 10.1. The lowest BCUT2D eigenvalue weighted by molar-refractivity contribution is -0.111. The van der Waals surface area contributed by atoms with Crippen molar-refractivity contribution >= 4 is 40.8 Å². The molecule has 2 N–H and O–H groups in total. The number of hydrogen-bond donors (Lipinski definition) is 2. The van der Waals surface area contributed by atoms with E-state index in [1.54, 1.807) is 35.2 Å². The van der Waals surface area contributed by atoms with Crippen molar-refractivity contribution in [1.29, 1.82) is 0 Å². The summed E-state index contributed by atoms with van der Waals surface area (Å²) < 4.78 is 0. The summed E-state index contributed by atoms with van der Waals surface area (Å²) in [5.41, 5.74) is 4.52. The number of aromatic nitrogens is 2. The fourth-order valence-corrected chi connectivity index (χ4v) is 4.58. The third-order valence-electron chi connectivity index (χ3n) is 6.80. The van der Waals surface area contributed by atoms with E-state index in [4.69, 9.17) is 4.98 Å². The Hall–Kier alpha value is -4.44. The average molecular weight is 513 g/mol. The van der Waals surface area contributed by atoms with Gasteiger partial charge in [-0.25, -0.2) is 9.78 Å². The van der Waals surface area contributed by atoms with Gasteiger partial charge in [0.25, 0.3) is 0 Å². The fraction of sp³-hybridized carbons (Fsp3) is 0.286. The van der Waals surface area contributed by atoms with Crippen molar-refractivity contribution in [2.45, 2.75) is 13.1 Å². The zero-order chi connectivity index (χ0) is 26.6. The first-order valence-electron chi connectivity index (χ1n) is 12.6. The predicted molar refractivity (Wildman–Crippen MR) is 150 cm³/mol. The molecule has 0 saturated carbocycles. The summed E-state index contributed by atoms with van der Waals surface area (Å²) in [4.78, 5) is 41.9. The van der Waals surface area contributed by atoms with Crippen LogP contribution < -0.4 is 20.4 Å². The molecule has 0 atom stereocenters. The van der Waals surface area contributed by atoms with Gasteiger partial charge >= 0.3 is 6.03 Å². The number of nitrogens with one attached hydrogen (secondary N) is 2. The fourth-order valence-electron chi connectivity index (χ4n) is 4.58. The first kappa shape index (κ1) is 25.2. The predicted octanol–water partition coefficient (Wildman–Crippen LogP) is 3.67. The Kier molecular flexibility index (Phi) is 7.23. The van der Waals surface area contributed by atoms with Crippen LogP contribution in [0.1, 0.15) is 11.1 Å². The zero-order valence-electron chi connectivity index (χ0n) is 21.7. The number of likely N-dealkylation sites (N-methyl/N-ethyl adjacent to an activating group) is 1. The summed E-state index contributed by atoms with van der Waals surface area (Å²) >= 11 is 0. The van der Waals surface area contributed by atoms with Crippen molar-refractivity contribution in [2.75, 3.05) is 60.7 Å². The van der Waals surface area contributed by atoms with Crippen LogP contribution >= 0.6 is 0 Å². The van der Waals surface area contributed by atoms with E-state index in [-0.39, 0.29) is 11.9 Å². The highest BCUT2D eigenvalue weighted by Crippen LogP contribution is 2.29. The van der Waals surface area contributed by atoms with Gasteiger partial charge in [0.1, 0.15) is 5.82 Å². The average Bonchev–Trinajstić information content (AvgIpc) is 2.93. The zero-order valence-corrected chi connectivity index (χ0v) is 21.7. The van der Waals surface area contributed by atoms with E-state index in [0.29, 0.717) is 30.5 Å². The van der Waals surface area contributed by atoms with Gasteiger partial charge in [-0.15, -0.1) is 0 Å². The SMILES string of the molecule is C=CC(=O)Nc1ccc(CN2C(=O)N(C)Cc3cnc(Nc4ccc(N5CCN(C)CC5)cc4)nc32)cc1. The summed E-state index contributed by atoms with van der Waals surface area (Å²) in [5.74, 6) is 0.745. The first-order valence-corrected chi connectivity index (χ1v) is 12.6. The molecule has 196 valence electrons. The summed E-state index contributed by atoms with van der Waals surface area (Å²) in [7, 11) is 3.91. The molecule has 1 saturated heterocycles. The normalized spacial score (nSPS) is 15.7. The monoisotopic (exact) mass is 512 g/mol. The Morgan fingerprint density at radius 3 is 2.37 bits per heavy atom. The maximum atomic E-state index is 13.1. The van der Waals surface area contributed by atoms with Crippen LogP contribution in [0.15, 0.2) is 67.4 Å². The van der Waals surface area contributed by atoms with Gasteiger partial charge < -0.3 is 25.3 Å². The first-order chi connectivity index (χ1) is 18.4. The number of rotatable bonds is 7. The standard InChI is InChI=1S/C28H32N8O2/c1-4-25(37)30-22-7-5-20(6-8-22)18-36-26-21(19-34(3)28(36)38)17-29-27(32-26)31-23-9-11-24(12-10-23)35-15-13-33(2)14-16-35/h4-12,17H,1,13-16,18-19H2,2-3H3,(H,30,37)(H,29,31,32). The molecule has 0 spiro atoms. The molecule has 0 unspecified atom stereocenters. The molecule has 0 radical (unpaired) electrons. The highest BCUT2D eigenvalue weighted by Gasteiger charge is 2.30. The Morgan fingerprint density at radius 1 is 1.00 bits per heavy atom. The van der Waals surface area contributed by atoms with E-state index in [1.807, 2.05) is 24.3 Å². The third-order valence-corrected chi connectivity index (χ3v) is 6.80. The Bertz CT molecular complexity index is 1320. The molecule has 2 aliphatic rings. The molecule has 2 aromatic carbocycles. The second-order valence-electron chi connectivity index (χ2n) is 9.62. The highest BCUT2D eigenvalue weighted by atomic mass is 16.2. The van der Waals surface area contributed by atoms with E-state index in [0.717, 1.165) is 43.0 Å². The van der Waals surface area contributed by atoms with Gasteiger partial charge in [0.2, 0.25) is 11.9 Å². The van der Waals surface area contributed by atoms with Crippen LogP contribution in [0.5, 0.6) is 0 Å².